The Kier molecular flexibility index (Phi) is 1.84. The second-order valence-corrected chi connectivity index (χ2v) is 2.40. The summed E-state index contributed by atoms with van der Waals surface area (Å²) in [6, 6.07) is 3.26. The van der Waals surface area contributed by atoms with Gasteiger partial charge in [-0.3, -0.25) is 14.9 Å². The molecule has 0 bridgehead atoms. The number of aromatic amines is 1. The fraction of sp³-hybridized carbons (Fsp3) is 0. The van der Waals surface area contributed by atoms with E-state index in [1.807, 2.05) is 0 Å². The molecule has 0 atom stereocenters. The quantitative estimate of drug-likeness (QED) is 0.670. The van der Waals surface area contributed by atoms with E-state index >= 15 is 0 Å². The molecule has 0 amide bonds. The van der Waals surface area contributed by atoms with Crippen LogP contribution in [0.1, 0.15) is 16.2 Å². The van der Waals surface area contributed by atoms with Crippen LogP contribution in [0.4, 0.5) is 0 Å². The van der Waals surface area contributed by atoms with Gasteiger partial charge in [-0.2, -0.15) is 5.10 Å². The van der Waals surface area contributed by atoms with Crippen molar-refractivity contribution in [2.75, 3.05) is 0 Å². The van der Waals surface area contributed by atoms with Crippen molar-refractivity contribution in [2.45, 2.75) is 0 Å². The van der Waals surface area contributed by atoms with Gasteiger partial charge in [-0.05, 0) is 12.1 Å². The van der Waals surface area contributed by atoms with E-state index < -0.39 is 0 Å². The molecule has 5 nitrogen and oxygen atoms in total. The van der Waals surface area contributed by atoms with Crippen LogP contribution in [0.15, 0.2) is 30.9 Å². The smallest absolute Gasteiger partial charge is 0.229 e. The van der Waals surface area contributed by atoms with Crippen LogP contribution in [0.3, 0.4) is 0 Å². The highest BCUT2D eigenvalue weighted by Crippen LogP contribution is 2.02. The minimum Gasteiger partial charge on any atom is -0.285 e. The van der Waals surface area contributed by atoms with Crippen LogP contribution in [-0.2, 0) is 0 Å². The Morgan fingerprint density at radius 2 is 2.08 bits per heavy atom. The molecule has 0 spiro atoms. The van der Waals surface area contributed by atoms with Crippen molar-refractivity contribution < 1.29 is 4.79 Å². The maximum Gasteiger partial charge on any atom is 0.229 e. The molecule has 0 aromatic carbocycles. The fourth-order valence-corrected chi connectivity index (χ4v) is 0.955. The number of hydrogen-bond acceptors (Lipinski definition) is 4. The molecule has 0 aliphatic carbocycles. The highest BCUT2D eigenvalue weighted by Gasteiger charge is 2.10. The number of pyridine rings is 1. The second-order valence-electron chi connectivity index (χ2n) is 2.40. The molecule has 13 heavy (non-hydrogen) atoms. The molecule has 0 aliphatic heterocycles. The normalized spacial score (nSPS) is 9.85. The van der Waals surface area contributed by atoms with Crippen molar-refractivity contribution in [1.82, 2.24) is 20.2 Å². The first-order valence-electron chi connectivity index (χ1n) is 3.68. The monoisotopic (exact) mass is 174 g/mol. The standard InChI is InChI=1S/C8H6N4O/c13-7(8-10-5-11-12-8)6-1-3-9-4-2-6/h1-5H,(H,10,11,12). The molecule has 2 aromatic heterocycles. The highest BCUT2D eigenvalue weighted by atomic mass is 16.1. The lowest BCUT2D eigenvalue weighted by Crippen LogP contribution is -2.03. The van der Waals surface area contributed by atoms with Gasteiger partial charge in [0, 0.05) is 18.0 Å². The molecule has 64 valence electrons. The van der Waals surface area contributed by atoms with Crippen LogP contribution in [0.2, 0.25) is 0 Å². The van der Waals surface area contributed by atoms with Crippen molar-refractivity contribution in [3.63, 3.8) is 0 Å². The number of nitrogens with zero attached hydrogens (tertiary/aromatic N) is 3. The van der Waals surface area contributed by atoms with Gasteiger partial charge >= 0.3 is 0 Å². The molecule has 0 aliphatic rings. The lowest BCUT2D eigenvalue weighted by atomic mass is 10.2. The number of nitrogens with one attached hydrogen (secondary N) is 1. The summed E-state index contributed by atoms with van der Waals surface area (Å²) in [4.78, 5) is 19.1. The Labute approximate surface area is 73.9 Å². The van der Waals surface area contributed by atoms with E-state index in [0.29, 0.717) is 5.56 Å². The van der Waals surface area contributed by atoms with Crippen molar-refractivity contribution >= 4 is 5.78 Å². The summed E-state index contributed by atoms with van der Waals surface area (Å²) >= 11 is 0. The molecular weight excluding hydrogens is 168 g/mol. The number of H-pyrrole nitrogens is 1. The van der Waals surface area contributed by atoms with Gasteiger partial charge in [0.05, 0.1) is 0 Å². The Balaban J connectivity index is 2.34. The third kappa shape index (κ3) is 1.44. The lowest BCUT2D eigenvalue weighted by Gasteiger charge is -1.93. The number of hydrogen-bond donors (Lipinski definition) is 1. The predicted molar refractivity (Wildman–Crippen MR) is 44.1 cm³/mol. The number of rotatable bonds is 2. The third-order valence-corrected chi connectivity index (χ3v) is 1.57. The number of carbonyl (C=O) groups excluding carboxylic acids is 1. The zero-order valence-corrected chi connectivity index (χ0v) is 6.64. The minimum atomic E-state index is -0.181. The largest absolute Gasteiger partial charge is 0.285 e. The van der Waals surface area contributed by atoms with E-state index in [1.165, 1.54) is 6.33 Å². The minimum absolute atomic E-state index is 0.181. The Hall–Kier alpha value is -2.04. The molecule has 2 aromatic rings. The van der Waals surface area contributed by atoms with Gasteiger partial charge in [-0.25, -0.2) is 4.98 Å². The van der Waals surface area contributed by atoms with Gasteiger partial charge in [-0.1, -0.05) is 0 Å². The summed E-state index contributed by atoms with van der Waals surface area (Å²) < 4.78 is 0. The summed E-state index contributed by atoms with van der Waals surface area (Å²) in [5.41, 5.74) is 0.548. The summed E-state index contributed by atoms with van der Waals surface area (Å²) in [7, 11) is 0. The van der Waals surface area contributed by atoms with Gasteiger partial charge in [-0.15, -0.1) is 0 Å². The van der Waals surface area contributed by atoms with E-state index in [2.05, 4.69) is 20.2 Å². The first kappa shape index (κ1) is 7.60. The number of carbonyl (C=O) groups is 1. The Morgan fingerprint density at radius 3 is 2.69 bits per heavy atom. The van der Waals surface area contributed by atoms with Gasteiger partial charge in [0.2, 0.25) is 5.78 Å². The van der Waals surface area contributed by atoms with Gasteiger partial charge < -0.3 is 0 Å². The average molecular weight is 174 g/mol. The zero-order valence-electron chi connectivity index (χ0n) is 6.64. The number of aromatic nitrogens is 4. The summed E-state index contributed by atoms with van der Waals surface area (Å²) in [5.74, 6) is 0.0612. The van der Waals surface area contributed by atoms with Crippen LogP contribution in [0, 0.1) is 0 Å². The molecule has 0 unspecified atom stereocenters. The topological polar surface area (TPSA) is 71.5 Å². The molecule has 2 rings (SSSR count). The summed E-state index contributed by atoms with van der Waals surface area (Å²) in [6.07, 6.45) is 4.42. The molecule has 0 saturated carbocycles. The van der Waals surface area contributed by atoms with Crippen molar-refractivity contribution in [3.8, 4) is 0 Å². The van der Waals surface area contributed by atoms with E-state index in [1.54, 1.807) is 24.5 Å². The average Bonchev–Trinajstić information content (AvgIpc) is 2.71. The third-order valence-electron chi connectivity index (χ3n) is 1.57. The lowest BCUT2D eigenvalue weighted by molar-refractivity contribution is 0.102. The van der Waals surface area contributed by atoms with Crippen LogP contribution in [0.5, 0.6) is 0 Å². The number of ketones is 1. The van der Waals surface area contributed by atoms with Gasteiger partial charge in [0.25, 0.3) is 0 Å². The van der Waals surface area contributed by atoms with Crippen LogP contribution in [0.25, 0.3) is 0 Å². The molecular formula is C8H6N4O. The van der Waals surface area contributed by atoms with Gasteiger partial charge in [0.15, 0.2) is 5.82 Å². The van der Waals surface area contributed by atoms with Crippen molar-refractivity contribution in [1.29, 1.82) is 0 Å². The summed E-state index contributed by atoms with van der Waals surface area (Å²) in [5, 5.41) is 6.10. The Morgan fingerprint density at radius 1 is 1.31 bits per heavy atom. The summed E-state index contributed by atoms with van der Waals surface area (Å²) in [6.45, 7) is 0. The molecule has 0 radical (unpaired) electrons. The molecule has 0 fully saturated rings. The second kappa shape index (κ2) is 3.14. The van der Waals surface area contributed by atoms with Crippen molar-refractivity contribution in [3.05, 3.63) is 42.2 Å². The van der Waals surface area contributed by atoms with Crippen LogP contribution < -0.4 is 0 Å². The van der Waals surface area contributed by atoms with E-state index in [4.69, 9.17) is 0 Å². The molecule has 0 saturated heterocycles. The van der Waals surface area contributed by atoms with E-state index in [9.17, 15) is 4.79 Å². The van der Waals surface area contributed by atoms with Crippen LogP contribution in [-0.4, -0.2) is 25.9 Å². The molecule has 5 heteroatoms. The van der Waals surface area contributed by atoms with E-state index in [-0.39, 0.29) is 11.6 Å². The van der Waals surface area contributed by atoms with Gasteiger partial charge in [0.1, 0.15) is 6.33 Å². The maximum absolute atomic E-state index is 11.5. The Bertz CT molecular complexity index is 395. The van der Waals surface area contributed by atoms with E-state index in [0.717, 1.165) is 0 Å². The maximum atomic E-state index is 11.5. The zero-order chi connectivity index (χ0) is 9.10. The highest BCUT2D eigenvalue weighted by molar-refractivity contribution is 6.06. The van der Waals surface area contributed by atoms with Crippen molar-refractivity contribution in [2.24, 2.45) is 0 Å². The fourth-order valence-electron chi connectivity index (χ4n) is 0.955. The van der Waals surface area contributed by atoms with Crippen LogP contribution >= 0.6 is 0 Å². The SMILES string of the molecule is O=C(c1ccncc1)c1ncn[nH]1. The predicted octanol–water partition coefficient (Wildman–Crippen LogP) is 0.431. The first-order chi connectivity index (χ1) is 6.38. The first-order valence-corrected chi connectivity index (χ1v) is 3.68. The molecule has 2 heterocycles. The molecule has 1 N–H and O–H groups in total.